The van der Waals surface area contributed by atoms with Gasteiger partial charge in [0.1, 0.15) is 0 Å². The van der Waals surface area contributed by atoms with Crippen LogP contribution in [0.15, 0.2) is 0 Å². The van der Waals surface area contributed by atoms with E-state index in [2.05, 4.69) is 4.90 Å². The van der Waals surface area contributed by atoms with Gasteiger partial charge in [0, 0.05) is 32.1 Å². The van der Waals surface area contributed by atoms with Gasteiger partial charge in [0.2, 0.25) is 5.91 Å². The van der Waals surface area contributed by atoms with Gasteiger partial charge in [-0.25, -0.2) is 0 Å². The Morgan fingerprint density at radius 3 is 2.11 bits per heavy atom. The molecular formula is C13H27Cl2N3O. The van der Waals surface area contributed by atoms with Gasteiger partial charge in [-0.05, 0) is 38.8 Å². The number of hydrogen-bond donors (Lipinski definition) is 1. The van der Waals surface area contributed by atoms with Crippen LogP contribution in [-0.4, -0.2) is 54.5 Å². The van der Waals surface area contributed by atoms with Crippen LogP contribution in [0.3, 0.4) is 0 Å². The standard InChI is InChI=1S/C13H25N3O.2ClH/c14-7-4-13(17)16-10-5-12(6-11-16)15-8-2-1-3-9-15;;/h12H,1-11,14H2;2*1H. The van der Waals surface area contributed by atoms with Gasteiger partial charge in [-0.1, -0.05) is 6.42 Å². The predicted octanol–water partition coefficient (Wildman–Crippen LogP) is 1.66. The largest absolute Gasteiger partial charge is 0.343 e. The Morgan fingerprint density at radius 2 is 1.58 bits per heavy atom. The van der Waals surface area contributed by atoms with E-state index in [4.69, 9.17) is 5.73 Å². The van der Waals surface area contributed by atoms with Crippen molar-refractivity contribution in [1.29, 1.82) is 0 Å². The van der Waals surface area contributed by atoms with Crippen molar-refractivity contribution < 1.29 is 4.79 Å². The molecule has 2 heterocycles. The summed E-state index contributed by atoms with van der Waals surface area (Å²) >= 11 is 0. The zero-order valence-electron chi connectivity index (χ0n) is 11.6. The van der Waals surface area contributed by atoms with Crippen LogP contribution in [0.4, 0.5) is 0 Å². The number of amides is 1. The lowest BCUT2D eigenvalue weighted by molar-refractivity contribution is -0.132. The fourth-order valence-electron chi connectivity index (χ4n) is 3.05. The second-order valence-corrected chi connectivity index (χ2v) is 5.25. The van der Waals surface area contributed by atoms with E-state index >= 15 is 0 Å². The predicted molar refractivity (Wildman–Crippen MR) is 83.2 cm³/mol. The van der Waals surface area contributed by atoms with Crippen LogP contribution in [-0.2, 0) is 4.79 Å². The maximum atomic E-state index is 11.7. The number of carbonyl (C=O) groups excluding carboxylic acids is 1. The van der Waals surface area contributed by atoms with E-state index < -0.39 is 0 Å². The first-order chi connectivity index (χ1) is 8.31. The van der Waals surface area contributed by atoms with Crippen molar-refractivity contribution in [3.05, 3.63) is 0 Å². The smallest absolute Gasteiger partial charge is 0.223 e. The van der Waals surface area contributed by atoms with Crippen LogP contribution in [0, 0.1) is 0 Å². The summed E-state index contributed by atoms with van der Waals surface area (Å²) in [6.07, 6.45) is 6.91. The van der Waals surface area contributed by atoms with Crippen molar-refractivity contribution >= 4 is 30.7 Å². The number of nitrogens with two attached hydrogens (primary N) is 1. The molecule has 0 aromatic carbocycles. The molecule has 114 valence electrons. The second kappa shape index (κ2) is 9.81. The average Bonchev–Trinajstić information content (AvgIpc) is 2.40. The molecule has 2 aliphatic rings. The van der Waals surface area contributed by atoms with E-state index in [1.54, 1.807) is 0 Å². The van der Waals surface area contributed by atoms with Gasteiger partial charge in [0.15, 0.2) is 0 Å². The molecule has 4 nitrogen and oxygen atoms in total. The first-order valence-corrected chi connectivity index (χ1v) is 7.03. The molecule has 0 aliphatic carbocycles. The summed E-state index contributed by atoms with van der Waals surface area (Å²) in [5.41, 5.74) is 5.42. The Morgan fingerprint density at radius 1 is 1.00 bits per heavy atom. The van der Waals surface area contributed by atoms with Crippen molar-refractivity contribution in [1.82, 2.24) is 9.80 Å². The molecule has 1 amide bonds. The molecule has 0 bridgehead atoms. The quantitative estimate of drug-likeness (QED) is 0.862. The fraction of sp³-hybridized carbons (Fsp3) is 0.923. The first-order valence-electron chi connectivity index (χ1n) is 7.03. The Bertz CT molecular complexity index is 252. The zero-order valence-corrected chi connectivity index (χ0v) is 13.2. The SMILES string of the molecule is Cl.Cl.NCCC(=O)N1CCC(N2CCCCC2)CC1. The van der Waals surface area contributed by atoms with E-state index in [0.29, 0.717) is 13.0 Å². The summed E-state index contributed by atoms with van der Waals surface area (Å²) in [6.45, 7) is 4.87. The lowest BCUT2D eigenvalue weighted by atomic mass is 10.00. The minimum Gasteiger partial charge on any atom is -0.343 e. The Hall–Kier alpha value is -0.0300. The molecule has 19 heavy (non-hydrogen) atoms. The highest BCUT2D eigenvalue weighted by Gasteiger charge is 2.26. The number of halogens is 2. The molecule has 0 aromatic rings. The Labute approximate surface area is 128 Å². The highest BCUT2D eigenvalue weighted by Crippen LogP contribution is 2.20. The molecule has 0 radical (unpaired) electrons. The fourth-order valence-corrected chi connectivity index (χ4v) is 3.05. The molecule has 0 spiro atoms. The monoisotopic (exact) mass is 311 g/mol. The van der Waals surface area contributed by atoms with Gasteiger partial charge in [-0.2, -0.15) is 0 Å². The van der Waals surface area contributed by atoms with Gasteiger partial charge < -0.3 is 15.5 Å². The van der Waals surface area contributed by atoms with E-state index in [-0.39, 0.29) is 30.7 Å². The molecule has 0 atom stereocenters. The third kappa shape index (κ3) is 5.46. The number of hydrogen-bond acceptors (Lipinski definition) is 3. The molecule has 2 rings (SSSR count). The van der Waals surface area contributed by atoms with E-state index in [9.17, 15) is 4.79 Å². The average molecular weight is 312 g/mol. The summed E-state index contributed by atoms with van der Waals surface area (Å²) < 4.78 is 0. The van der Waals surface area contributed by atoms with Crippen LogP contribution < -0.4 is 5.73 Å². The highest BCUT2D eigenvalue weighted by atomic mass is 35.5. The summed E-state index contributed by atoms with van der Waals surface area (Å²) in [5, 5.41) is 0. The van der Waals surface area contributed by atoms with Gasteiger partial charge in [-0.15, -0.1) is 24.8 Å². The van der Waals surface area contributed by atoms with Crippen molar-refractivity contribution in [2.24, 2.45) is 5.73 Å². The topological polar surface area (TPSA) is 49.6 Å². The number of piperidine rings is 2. The van der Waals surface area contributed by atoms with Crippen molar-refractivity contribution in [2.45, 2.75) is 44.6 Å². The highest BCUT2D eigenvalue weighted by molar-refractivity contribution is 5.85. The van der Waals surface area contributed by atoms with E-state index in [1.807, 2.05) is 4.90 Å². The zero-order chi connectivity index (χ0) is 12.1. The molecule has 2 saturated heterocycles. The number of carbonyl (C=O) groups is 1. The number of likely N-dealkylation sites (tertiary alicyclic amines) is 2. The summed E-state index contributed by atoms with van der Waals surface area (Å²) in [5.74, 6) is 0.240. The second-order valence-electron chi connectivity index (χ2n) is 5.25. The third-order valence-corrected chi connectivity index (χ3v) is 4.08. The number of nitrogens with zero attached hydrogens (tertiary/aromatic N) is 2. The Balaban J connectivity index is 0.00000162. The molecule has 0 aromatic heterocycles. The molecule has 2 aliphatic heterocycles. The van der Waals surface area contributed by atoms with Crippen LogP contribution in [0.2, 0.25) is 0 Å². The molecule has 0 unspecified atom stereocenters. The van der Waals surface area contributed by atoms with Gasteiger partial charge >= 0.3 is 0 Å². The summed E-state index contributed by atoms with van der Waals surface area (Å²) in [4.78, 5) is 16.3. The molecule has 2 fully saturated rings. The minimum atomic E-state index is 0. The number of rotatable bonds is 3. The summed E-state index contributed by atoms with van der Waals surface area (Å²) in [6, 6.07) is 0.720. The van der Waals surface area contributed by atoms with Crippen molar-refractivity contribution in [3.8, 4) is 0 Å². The van der Waals surface area contributed by atoms with Crippen LogP contribution in [0.25, 0.3) is 0 Å². The molecular weight excluding hydrogens is 285 g/mol. The maximum absolute atomic E-state index is 11.7. The lowest BCUT2D eigenvalue weighted by Crippen LogP contribution is -2.48. The van der Waals surface area contributed by atoms with E-state index in [1.165, 1.54) is 32.4 Å². The van der Waals surface area contributed by atoms with Crippen molar-refractivity contribution in [3.63, 3.8) is 0 Å². The normalized spacial score (nSPS) is 21.4. The summed E-state index contributed by atoms with van der Waals surface area (Å²) in [7, 11) is 0. The third-order valence-electron chi connectivity index (χ3n) is 4.08. The van der Waals surface area contributed by atoms with Crippen LogP contribution >= 0.6 is 24.8 Å². The Kier molecular flexibility index (Phi) is 9.79. The molecule has 0 saturated carbocycles. The first kappa shape index (κ1) is 19.0. The van der Waals surface area contributed by atoms with Crippen molar-refractivity contribution in [2.75, 3.05) is 32.7 Å². The van der Waals surface area contributed by atoms with E-state index in [0.717, 1.165) is 32.0 Å². The molecule has 2 N–H and O–H groups in total. The van der Waals surface area contributed by atoms with Crippen LogP contribution in [0.1, 0.15) is 38.5 Å². The van der Waals surface area contributed by atoms with Gasteiger partial charge in [0.25, 0.3) is 0 Å². The maximum Gasteiger partial charge on any atom is 0.223 e. The van der Waals surface area contributed by atoms with Crippen LogP contribution in [0.5, 0.6) is 0 Å². The van der Waals surface area contributed by atoms with Gasteiger partial charge in [-0.3, -0.25) is 4.79 Å². The minimum absolute atomic E-state index is 0. The lowest BCUT2D eigenvalue weighted by Gasteiger charge is -2.40. The van der Waals surface area contributed by atoms with Gasteiger partial charge in [0.05, 0.1) is 0 Å². The molecule has 6 heteroatoms.